The second-order valence-electron chi connectivity index (χ2n) is 5.81. The highest BCUT2D eigenvalue weighted by Gasteiger charge is 2.29. The van der Waals surface area contributed by atoms with E-state index in [0.717, 1.165) is 31.8 Å². The zero-order chi connectivity index (χ0) is 11.7. The second-order valence-corrected chi connectivity index (χ2v) is 7.92. The molecule has 0 aromatic carbocycles. The Hall–Kier alpha value is -0.0900. The molecule has 1 heterocycles. The molecule has 0 aromatic rings. The molecule has 0 radical (unpaired) electrons. The molecule has 0 saturated carbocycles. The smallest absolute Gasteiger partial charge is 0.160 e. The van der Waals surface area contributed by atoms with Gasteiger partial charge in [-0.1, -0.05) is 20.8 Å². The fourth-order valence-electron chi connectivity index (χ4n) is 2.26. The molecule has 1 saturated heterocycles. The van der Waals surface area contributed by atoms with Crippen LogP contribution in [0.1, 0.15) is 33.6 Å². The van der Waals surface area contributed by atoms with Crippen molar-refractivity contribution >= 4 is 9.84 Å². The van der Waals surface area contributed by atoms with Crippen LogP contribution in [0.5, 0.6) is 0 Å². The number of hydrogen-bond acceptors (Lipinski definition) is 3. The van der Waals surface area contributed by atoms with Crippen molar-refractivity contribution < 1.29 is 8.42 Å². The van der Waals surface area contributed by atoms with Crippen LogP contribution in [0.2, 0.25) is 0 Å². The van der Waals surface area contributed by atoms with Gasteiger partial charge in [-0.3, -0.25) is 4.90 Å². The number of piperidine rings is 1. The molecule has 0 aliphatic carbocycles. The molecule has 0 aromatic heterocycles. The number of rotatable bonds is 2. The van der Waals surface area contributed by atoms with E-state index in [1.54, 1.807) is 0 Å². The summed E-state index contributed by atoms with van der Waals surface area (Å²) in [7, 11) is -2.85. The summed E-state index contributed by atoms with van der Waals surface area (Å²) in [5.74, 6) is 0.956. The number of nitrogens with zero attached hydrogens (tertiary/aromatic N) is 1. The zero-order valence-corrected chi connectivity index (χ0v) is 11.1. The molecule has 0 N–H and O–H groups in total. The number of likely N-dealkylation sites (tertiary alicyclic amines) is 1. The lowest BCUT2D eigenvalue weighted by atomic mass is 9.75. The number of sulfone groups is 1. The summed E-state index contributed by atoms with van der Waals surface area (Å²) in [6.45, 7) is 8.65. The first kappa shape index (κ1) is 13.0. The lowest BCUT2D eigenvalue weighted by molar-refractivity contribution is 0.124. The minimum atomic E-state index is -2.85. The molecule has 4 heteroatoms. The van der Waals surface area contributed by atoms with Crippen LogP contribution in [-0.4, -0.2) is 38.5 Å². The van der Waals surface area contributed by atoms with Gasteiger partial charge in [0.1, 0.15) is 5.88 Å². The van der Waals surface area contributed by atoms with Crippen molar-refractivity contribution in [3.8, 4) is 0 Å². The summed E-state index contributed by atoms with van der Waals surface area (Å²) in [5.41, 5.74) is 0.358. The maximum absolute atomic E-state index is 11.1. The second kappa shape index (κ2) is 4.42. The molecule has 0 spiro atoms. The molecular weight excluding hydrogens is 210 g/mol. The van der Waals surface area contributed by atoms with Crippen molar-refractivity contribution in [1.82, 2.24) is 4.90 Å². The average molecular weight is 233 g/mol. The monoisotopic (exact) mass is 233 g/mol. The predicted molar refractivity (Wildman–Crippen MR) is 63.5 cm³/mol. The Morgan fingerprint density at radius 2 is 1.67 bits per heavy atom. The van der Waals surface area contributed by atoms with Gasteiger partial charge in [-0.2, -0.15) is 0 Å². The molecule has 0 atom stereocenters. The molecule has 15 heavy (non-hydrogen) atoms. The van der Waals surface area contributed by atoms with Crippen LogP contribution < -0.4 is 0 Å². The highest BCUT2D eigenvalue weighted by molar-refractivity contribution is 7.90. The summed E-state index contributed by atoms with van der Waals surface area (Å²) in [6, 6.07) is 0. The van der Waals surface area contributed by atoms with Crippen LogP contribution >= 0.6 is 0 Å². The molecule has 1 rings (SSSR count). The maximum Gasteiger partial charge on any atom is 0.160 e. The summed E-state index contributed by atoms with van der Waals surface area (Å²) in [6.07, 6.45) is 3.56. The van der Waals surface area contributed by atoms with Crippen molar-refractivity contribution in [3.63, 3.8) is 0 Å². The summed E-state index contributed by atoms with van der Waals surface area (Å²) in [5, 5.41) is 0. The zero-order valence-electron chi connectivity index (χ0n) is 10.3. The fraction of sp³-hybridized carbons (Fsp3) is 1.00. The van der Waals surface area contributed by atoms with Crippen molar-refractivity contribution in [2.75, 3.05) is 25.2 Å². The van der Waals surface area contributed by atoms with Gasteiger partial charge >= 0.3 is 0 Å². The Morgan fingerprint density at radius 1 is 1.20 bits per heavy atom. The minimum Gasteiger partial charge on any atom is -0.290 e. The van der Waals surface area contributed by atoms with Crippen molar-refractivity contribution in [3.05, 3.63) is 0 Å². The van der Waals surface area contributed by atoms with E-state index in [2.05, 4.69) is 25.7 Å². The van der Waals surface area contributed by atoms with Gasteiger partial charge in [-0.05, 0) is 37.3 Å². The Kier molecular flexibility index (Phi) is 3.82. The third-order valence-corrected chi connectivity index (χ3v) is 4.06. The van der Waals surface area contributed by atoms with E-state index < -0.39 is 9.84 Å². The van der Waals surface area contributed by atoms with Gasteiger partial charge in [-0.15, -0.1) is 0 Å². The SMILES string of the molecule is CC(C)(C)C1CCN(CS(C)(=O)=O)CC1. The van der Waals surface area contributed by atoms with E-state index in [1.165, 1.54) is 6.26 Å². The lowest BCUT2D eigenvalue weighted by Crippen LogP contribution is -2.40. The van der Waals surface area contributed by atoms with Crippen LogP contribution in [0.25, 0.3) is 0 Å². The van der Waals surface area contributed by atoms with E-state index >= 15 is 0 Å². The lowest BCUT2D eigenvalue weighted by Gasteiger charge is -2.38. The van der Waals surface area contributed by atoms with Crippen molar-refractivity contribution in [2.24, 2.45) is 11.3 Å². The minimum absolute atomic E-state index is 0.226. The van der Waals surface area contributed by atoms with Crippen molar-refractivity contribution in [1.29, 1.82) is 0 Å². The Labute approximate surface area is 93.8 Å². The van der Waals surface area contributed by atoms with Gasteiger partial charge < -0.3 is 0 Å². The summed E-state index contributed by atoms with van der Waals surface area (Å²) in [4.78, 5) is 2.05. The van der Waals surface area contributed by atoms with Gasteiger partial charge in [0, 0.05) is 6.26 Å². The first-order chi connectivity index (χ1) is 6.68. The molecule has 1 fully saturated rings. The van der Waals surface area contributed by atoms with Crippen LogP contribution in [0, 0.1) is 11.3 Å². The summed E-state index contributed by atoms with van der Waals surface area (Å²) >= 11 is 0. The average Bonchev–Trinajstić information content (AvgIpc) is 2.00. The predicted octanol–water partition coefficient (Wildman–Crippen LogP) is 1.75. The Balaban J connectivity index is 2.43. The summed E-state index contributed by atoms with van der Waals surface area (Å²) < 4.78 is 22.3. The quantitative estimate of drug-likeness (QED) is 0.729. The topological polar surface area (TPSA) is 37.4 Å². The third-order valence-electron chi connectivity index (χ3n) is 3.23. The van der Waals surface area contributed by atoms with Crippen LogP contribution in [0.4, 0.5) is 0 Å². The van der Waals surface area contributed by atoms with E-state index in [9.17, 15) is 8.42 Å². The van der Waals surface area contributed by atoms with Gasteiger partial charge in [0.05, 0.1) is 0 Å². The molecule has 3 nitrogen and oxygen atoms in total. The molecule has 0 unspecified atom stereocenters. The van der Waals surface area contributed by atoms with Gasteiger partial charge in [0.2, 0.25) is 0 Å². The highest BCUT2D eigenvalue weighted by atomic mass is 32.2. The maximum atomic E-state index is 11.1. The standard InChI is InChI=1S/C11H23NO2S/c1-11(2,3)10-5-7-12(8-6-10)9-15(4,13)14/h10H,5-9H2,1-4H3. The first-order valence-electron chi connectivity index (χ1n) is 5.58. The van der Waals surface area contributed by atoms with Crippen LogP contribution in [0.3, 0.4) is 0 Å². The first-order valence-corrected chi connectivity index (χ1v) is 7.64. The fourth-order valence-corrected chi connectivity index (χ4v) is 3.18. The van der Waals surface area contributed by atoms with Crippen LogP contribution in [0.15, 0.2) is 0 Å². The van der Waals surface area contributed by atoms with Crippen LogP contribution in [-0.2, 0) is 9.84 Å². The van der Waals surface area contributed by atoms with E-state index in [1.807, 2.05) is 0 Å². The van der Waals surface area contributed by atoms with Crippen molar-refractivity contribution in [2.45, 2.75) is 33.6 Å². The van der Waals surface area contributed by atoms with E-state index in [0.29, 0.717) is 5.41 Å². The molecule has 90 valence electrons. The normalized spacial score (nSPS) is 21.9. The molecule has 1 aliphatic rings. The number of hydrogen-bond donors (Lipinski definition) is 0. The van der Waals surface area contributed by atoms with E-state index in [-0.39, 0.29) is 5.88 Å². The third kappa shape index (κ3) is 4.51. The molecule has 0 bridgehead atoms. The molecular formula is C11H23NO2S. The Bertz CT molecular complexity index is 295. The van der Waals surface area contributed by atoms with E-state index in [4.69, 9.17) is 0 Å². The molecule has 1 aliphatic heterocycles. The molecule has 0 amide bonds. The van der Waals surface area contributed by atoms with Gasteiger partial charge in [0.25, 0.3) is 0 Å². The van der Waals surface area contributed by atoms with Gasteiger partial charge in [0.15, 0.2) is 9.84 Å². The Morgan fingerprint density at radius 3 is 2.00 bits per heavy atom. The van der Waals surface area contributed by atoms with Gasteiger partial charge in [-0.25, -0.2) is 8.42 Å². The highest BCUT2D eigenvalue weighted by Crippen LogP contribution is 2.34. The largest absolute Gasteiger partial charge is 0.290 e.